The van der Waals surface area contributed by atoms with Crippen LogP contribution in [0.4, 0.5) is 0 Å². The van der Waals surface area contributed by atoms with Crippen LogP contribution in [0.5, 0.6) is 5.75 Å². The van der Waals surface area contributed by atoms with Crippen molar-refractivity contribution in [1.82, 2.24) is 4.90 Å². The average molecular weight is 298 g/mol. The maximum Gasteiger partial charge on any atom is 0.133 e. The number of nitrogens with zero attached hydrogens (tertiary/aromatic N) is 1. The van der Waals surface area contributed by atoms with Gasteiger partial charge in [-0.1, -0.05) is 6.92 Å². The van der Waals surface area contributed by atoms with Crippen molar-refractivity contribution in [3.63, 3.8) is 0 Å². The first-order valence-electron chi connectivity index (χ1n) is 6.20. The molecule has 1 aromatic rings. The molecule has 0 saturated heterocycles. The van der Waals surface area contributed by atoms with Crippen LogP contribution in [0.15, 0.2) is 16.6 Å². The molecule has 0 saturated carbocycles. The Morgan fingerprint density at radius 2 is 2.24 bits per heavy atom. The Bertz CT molecular complexity index is 405. The predicted molar refractivity (Wildman–Crippen MR) is 74.9 cm³/mol. The van der Waals surface area contributed by atoms with E-state index in [1.807, 2.05) is 0 Å². The van der Waals surface area contributed by atoms with E-state index in [9.17, 15) is 0 Å². The Hall–Kier alpha value is -0.540. The summed E-state index contributed by atoms with van der Waals surface area (Å²) in [7, 11) is 3.94. The maximum absolute atomic E-state index is 5.39. The molecule has 1 unspecified atom stereocenters. The van der Waals surface area contributed by atoms with Gasteiger partial charge in [0.25, 0.3) is 0 Å². The first-order valence-corrected chi connectivity index (χ1v) is 6.99. The van der Waals surface area contributed by atoms with Crippen LogP contribution in [0.2, 0.25) is 0 Å². The van der Waals surface area contributed by atoms with Crippen molar-refractivity contribution in [3.05, 3.63) is 27.7 Å². The first-order chi connectivity index (χ1) is 8.15. The Balaban J connectivity index is 2.44. The summed E-state index contributed by atoms with van der Waals surface area (Å²) in [5.41, 5.74) is 2.94. The molecule has 1 heterocycles. The molecule has 3 heteroatoms. The number of rotatable bonds is 2. The first kappa shape index (κ1) is 12.9. The van der Waals surface area contributed by atoms with Crippen LogP contribution >= 0.6 is 15.9 Å². The van der Waals surface area contributed by atoms with Crippen LogP contribution in [-0.2, 0) is 6.42 Å². The monoisotopic (exact) mass is 297 g/mol. The lowest BCUT2D eigenvalue weighted by molar-refractivity contribution is 0.322. The number of methoxy groups -OCH3 is 1. The van der Waals surface area contributed by atoms with Gasteiger partial charge in [-0.3, -0.25) is 0 Å². The minimum absolute atomic E-state index is 0.639. The predicted octanol–water partition coefficient (Wildman–Crippen LogP) is 3.44. The zero-order valence-electron chi connectivity index (χ0n) is 10.8. The summed E-state index contributed by atoms with van der Waals surface area (Å²) in [5.74, 6) is 1.59. The van der Waals surface area contributed by atoms with Crippen molar-refractivity contribution < 1.29 is 4.74 Å². The van der Waals surface area contributed by atoms with Gasteiger partial charge in [0, 0.05) is 13.1 Å². The van der Waals surface area contributed by atoms with E-state index in [1.165, 1.54) is 17.5 Å². The second-order valence-electron chi connectivity index (χ2n) is 4.80. The van der Waals surface area contributed by atoms with Gasteiger partial charge in [0.05, 0.1) is 11.6 Å². The zero-order chi connectivity index (χ0) is 12.4. The van der Waals surface area contributed by atoms with Gasteiger partial charge in [-0.25, -0.2) is 0 Å². The summed E-state index contributed by atoms with van der Waals surface area (Å²) in [6.45, 7) is 4.56. The number of hydrogen-bond acceptors (Lipinski definition) is 2. The molecule has 0 aromatic heterocycles. The van der Waals surface area contributed by atoms with E-state index >= 15 is 0 Å². The van der Waals surface area contributed by atoms with Crippen LogP contribution < -0.4 is 4.74 Å². The third-order valence-corrected chi connectivity index (χ3v) is 4.26. The van der Waals surface area contributed by atoms with Gasteiger partial charge in [-0.2, -0.15) is 0 Å². The van der Waals surface area contributed by atoms with Crippen molar-refractivity contribution in [1.29, 1.82) is 0 Å². The number of halogens is 1. The van der Waals surface area contributed by atoms with Crippen LogP contribution in [0.3, 0.4) is 0 Å². The SMILES string of the molecule is CCC1CN(C)CCc2cc(OC)c(Br)cc21. The highest BCUT2D eigenvalue weighted by Gasteiger charge is 2.21. The molecule has 0 bridgehead atoms. The molecule has 0 aliphatic carbocycles. The molecular weight excluding hydrogens is 278 g/mol. The Morgan fingerprint density at radius 3 is 2.88 bits per heavy atom. The summed E-state index contributed by atoms with van der Waals surface area (Å²) in [6, 6.07) is 4.45. The van der Waals surface area contributed by atoms with Crippen LogP contribution in [-0.4, -0.2) is 32.1 Å². The minimum atomic E-state index is 0.639. The van der Waals surface area contributed by atoms with Crippen molar-refractivity contribution in [2.24, 2.45) is 0 Å². The van der Waals surface area contributed by atoms with E-state index in [-0.39, 0.29) is 0 Å². The molecule has 0 radical (unpaired) electrons. The zero-order valence-corrected chi connectivity index (χ0v) is 12.4. The largest absolute Gasteiger partial charge is 0.496 e. The summed E-state index contributed by atoms with van der Waals surface area (Å²) < 4.78 is 6.46. The molecule has 1 aromatic carbocycles. The molecule has 2 nitrogen and oxygen atoms in total. The van der Waals surface area contributed by atoms with E-state index < -0.39 is 0 Å². The summed E-state index contributed by atoms with van der Waals surface area (Å²) in [5, 5.41) is 0. The van der Waals surface area contributed by atoms with Gasteiger partial charge in [0.15, 0.2) is 0 Å². The normalized spacial score (nSPS) is 20.8. The molecule has 0 amide bonds. The minimum Gasteiger partial charge on any atom is -0.496 e. The highest BCUT2D eigenvalue weighted by molar-refractivity contribution is 9.10. The number of fused-ring (bicyclic) bond motifs is 1. The van der Waals surface area contributed by atoms with Crippen molar-refractivity contribution in [2.75, 3.05) is 27.2 Å². The quantitative estimate of drug-likeness (QED) is 0.829. The fourth-order valence-corrected chi connectivity index (χ4v) is 3.11. The summed E-state index contributed by atoms with van der Waals surface area (Å²) in [6.07, 6.45) is 2.31. The van der Waals surface area contributed by atoms with Gasteiger partial charge in [-0.05, 0) is 65.0 Å². The van der Waals surface area contributed by atoms with Gasteiger partial charge in [-0.15, -0.1) is 0 Å². The van der Waals surface area contributed by atoms with E-state index in [0.717, 1.165) is 29.7 Å². The van der Waals surface area contributed by atoms with E-state index in [2.05, 4.69) is 46.9 Å². The van der Waals surface area contributed by atoms with E-state index in [0.29, 0.717) is 5.92 Å². The molecule has 0 fully saturated rings. The Morgan fingerprint density at radius 1 is 1.47 bits per heavy atom. The molecule has 1 atom stereocenters. The third kappa shape index (κ3) is 2.66. The van der Waals surface area contributed by atoms with Gasteiger partial charge >= 0.3 is 0 Å². The lowest BCUT2D eigenvalue weighted by Crippen LogP contribution is -2.23. The van der Waals surface area contributed by atoms with Crippen LogP contribution in [0, 0.1) is 0 Å². The number of ether oxygens (including phenoxy) is 1. The second-order valence-corrected chi connectivity index (χ2v) is 5.66. The van der Waals surface area contributed by atoms with Gasteiger partial charge < -0.3 is 9.64 Å². The summed E-state index contributed by atoms with van der Waals surface area (Å²) >= 11 is 3.59. The Labute approximate surface area is 112 Å². The average Bonchev–Trinajstić information content (AvgIpc) is 2.48. The summed E-state index contributed by atoms with van der Waals surface area (Å²) in [4.78, 5) is 2.43. The van der Waals surface area contributed by atoms with Crippen LogP contribution in [0.1, 0.15) is 30.4 Å². The fraction of sp³-hybridized carbons (Fsp3) is 0.571. The standard InChI is InChI=1S/C14H20BrNO/c1-4-10-9-16(2)6-5-11-7-14(17-3)13(15)8-12(10)11/h7-8,10H,4-6,9H2,1-3H3. The van der Waals surface area contributed by atoms with E-state index in [4.69, 9.17) is 4.74 Å². The smallest absolute Gasteiger partial charge is 0.133 e. The molecule has 17 heavy (non-hydrogen) atoms. The third-order valence-electron chi connectivity index (χ3n) is 3.64. The highest BCUT2D eigenvalue weighted by atomic mass is 79.9. The lowest BCUT2D eigenvalue weighted by atomic mass is 9.92. The van der Waals surface area contributed by atoms with Crippen molar-refractivity contribution in [3.8, 4) is 5.75 Å². The molecule has 2 rings (SSSR count). The second kappa shape index (κ2) is 5.40. The maximum atomic E-state index is 5.39. The van der Waals surface area contributed by atoms with Gasteiger partial charge in [0.2, 0.25) is 0 Å². The lowest BCUT2D eigenvalue weighted by Gasteiger charge is -2.20. The van der Waals surface area contributed by atoms with Crippen LogP contribution in [0.25, 0.3) is 0 Å². The van der Waals surface area contributed by atoms with Gasteiger partial charge in [0.1, 0.15) is 5.75 Å². The Kier molecular flexibility index (Phi) is 4.10. The van der Waals surface area contributed by atoms with Crippen molar-refractivity contribution in [2.45, 2.75) is 25.7 Å². The van der Waals surface area contributed by atoms with Crippen molar-refractivity contribution >= 4 is 15.9 Å². The number of benzene rings is 1. The molecule has 0 N–H and O–H groups in total. The molecule has 0 spiro atoms. The van der Waals surface area contributed by atoms with E-state index in [1.54, 1.807) is 7.11 Å². The number of hydrogen-bond donors (Lipinski definition) is 0. The highest BCUT2D eigenvalue weighted by Crippen LogP contribution is 2.35. The molecule has 94 valence electrons. The fourth-order valence-electron chi connectivity index (χ4n) is 2.59. The molecule has 1 aliphatic rings. The topological polar surface area (TPSA) is 12.5 Å². The number of likely N-dealkylation sites (N-methyl/N-ethyl adjacent to an activating group) is 1. The molecule has 1 aliphatic heterocycles. The molecular formula is C14H20BrNO.